The van der Waals surface area contributed by atoms with Gasteiger partial charge in [-0.2, -0.15) is 48.4 Å². The van der Waals surface area contributed by atoms with Crippen LogP contribution in [0.1, 0.15) is 76.3 Å². The normalized spacial score (nSPS) is 19.4. The first-order valence-corrected chi connectivity index (χ1v) is 10.3. The number of nitrogens with zero attached hydrogens (tertiary/aromatic N) is 1. The molecule has 0 radical (unpaired) electrons. The number of carbonyl (C=O) groups excluding carboxylic acids is 1. The summed E-state index contributed by atoms with van der Waals surface area (Å²) in [5.74, 6) is 1.66. The third kappa shape index (κ3) is 12.8. The monoisotopic (exact) mass is 659 g/mol. The third-order valence-corrected chi connectivity index (χ3v) is 5.87. The van der Waals surface area contributed by atoms with Crippen LogP contribution in [0.2, 0.25) is 0 Å². The number of nitrogens with one attached hydrogen (secondary N) is 1. The number of rotatable bonds is 6. The zero-order valence-electron chi connectivity index (χ0n) is 19.8. The number of unbranched alkanes of at least 4 members (excludes halogenated alkanes) is 1. The van der Waals surface area contributed by atoms with Gasteiger partial charge in [-0.3, -0.25) is 0 Å². The van der Waals surface area contributed by atoms with E-state index in [0.29, 0.717) is 5.56 Å². The van der Waals surface area contributed by atoms with Crippen molar-refractivity contribution >= 4 is 6.41 Å². The molecule has 2 atom stereocenters. The largest absolute Gasteiger partial charge is 1.00 e. The van der Waals surface area contributed by atoms with Gasteiger partial charge in [0.25, 0.3) is 0 Å². The molecule has 0 bridgehead atoms. The summed E-state index contributed by atoms with van der Waals surface area (Å²) >= 11 is 0. The Morgan fingerprint density at radius 2 is 2.03 bits per heavy atom. The fraction of sp³-hybridized carbons (Fsp3) is 0.600. The van der Waals surface area contributed by atoms with Crippen molar-refractivity contribution in [1.82, 2.24) is 5.32 Å². The average molecular weight is 660 g/mol. The van der Waals surface area contributed by atoms with Gasteiger partial charge in [0.2, 0.25) is 0 Å². The molecule has 1 spiro atoms. The number of aryl methyl sites for hydroxylation is 1. The van der Waals surface area contributed by atoms with E-state index < -0.39 is 0 Å². The molecule has 2 fully saturated rings. The fourth-order valence-electron chi connectivity index (χ4n) is 4.19. The van der Waals surface area contributed by atoms with E-state index in [1.165, 1.54) is 51.4 Å². The summed E-state index contributed by atoms with van der Waals surface area (Å²) < 4.78 is 0. The molecule has 1 aromatic carbocycles. The van der Waals surface area contributed by atoms with Crippen molar-refractivity contribution in [3.8, 4) is 6.07 Å². The molecule has 1 N–H and O–H groups in total. The number of nitriles is 1. The molecule has 1 aromatic rings. The molecule has 2 aliphatic carbocycles. The predicted octanol–water partition coefficient (Wildman–Crippen LogP) is 2.99. The number of hydrogen-bond acceptors (Lipinski definition) is 2. The van der Waals surface area contributed by atoms with Crippen molar-refractivity contribution < 1.29 is 87.3 Å². The van der Waals surface area contributed by atoms with Crippen LogP contribution >= 0.6 is 0 Å². The zero-order chi connectivity index (χ0) is 20.1. The van der Waals surface area contributed by atoms with E-state index in [-0.39, 0.29) is 89.9 Å². The van der Waals surface area contributed by atoms with Crippen LogP contribution in [0.4, 0.5) is 0 Å². The second-order valence-corrected chi connectivity index (χ2v) is 7.70. The molecule has 3 nitrogen and oxygen atoms in total. The summed E-state index contributed by atoms with van der Waals surface area (Å²) in [4.78, 5) is 10.2. The Labute approximate surface area is 252 Å². The predicted molar refractivity (Wildman–Crippen MR) is 118 cm³/mol. The first-order valence-electron chi connectivity index (χ1n) is 10.3. The van der Waals surface area contributed by atoms with Gasteiger partial charge in [0.05, 0.1) is 6.07 Å². The van der Waals surface area contributed by atoms with Crippen LogP contribution in [0.15, 0.2) is 18.2 Å². The molecular formula is C25H38KN2OU-3. The summed E-state index contributed by atoms with van der Waals surface area (Å²) in [6.45, 7) is 10.0. The molecule has 2 saturated carbocycles. The van der Waals surface area contributed by atoms with Crippen LogP contribution in [-0.2, 0) is 4.79 Å². The Balaban J connectivity index is -0.000000453. The minimum absolute atomic E-state index is 0. The van der Waals surface area contributed by atoms with E-state index in [1.807, 2.05) is 19.4 Å². The maximum atomic E-state index is 10.2. The van der Waals surface area contributed by atoms with Crippen LogP contribution in [0.3, 0.4) is 0 Å². The van der Waals surface area contributed by atoms with Gasteiger partial charge in [0.15, 0.2) is 0 Å². The second-order valence-electron chi connectivity index (χ2n) is 7.70. The third-order valence-electron chi connectivity index (χ3n) is 5.87. The van der Waals surface area contributed by atoms with Gasteiger partial charge in [-0.1, -0.05) is 32.3 Å². The smallest absolute Gasteiger partial charge is 0.530 e. The zero-order valence-corrected chi connectivity index (χ0v) is 27.1. The van der Waals surface area contributed by atoms with Crippen LogP contribution < -0.4 is 56.7 Å². The molecule has 1 amide bonds. The van der Waals surface area contributed by atoms with Crippen molar-refractivity contribution in [1.29, 1.82) is 5.26 Å². The summed E-state index contributed by atoms with van der Waals surface area (Å²) in [6, 6.07) is 10.3. The van der Waals surface area contributed by atoms with Crippen molar-refractivity contribution in [2.45, 2.75) is 72.1 Å². The number of hydrogen-bond donors (Lipinski definition) is 1. The Morgan fingerprint density at radius 1 is 1.37 bits per heavy atom. The summed E-state index contributed by atoms with van der Waals surface area (Å²) in [5, 5.41) is 11.1. The molecule has 30 heavy (non-hydrogen) atoms. The van der Waals surface area contributed by atoms with Crippen LogP contribution in [0.5, 0.6) is 0 Å². The van der Waals surface area contributed by atoms with E-state index in [1.54, 1.807) is 25.1 Å². The molecular weight excluding hydrogens is 621 g/mol. The first kappa shape index (κ1) is 35.5. The molecule has 0 saturated heterocycles. The molecule has 5 heteroatoms. The van der Waals surface area contributed by atoms with Crippen LogP contribution in [-0.4, -0.2) is 13.0 Å². The van der Waals surface area contributed by atoms with E-state index in [2.05, 4.69) is 25.2 Å². The van der Waals surface area contributed by atoms with E-state index in [0.717, 1.165) is 29.4 Å². The summed E-state index contributed by atoms with van der Waals surface area (Å²) in [6.07, 6.45) is 12.9. The molecule has 3 rings (SSSR count). The van der Waals surface area contributed by atoms with Gasteiger partial charge < -0.3 is 24.5 Å². The van der Waals surface area contributed by atoms with Gasteiger partial charge >= 0.3 is 51.4 Å². The van der Waals surface area contributed by atoms with E-state index >= 15 is 0 Å². The molecule has 0 aliphatic heterocycles. The van der Waals surface area contributed by atoms with Crippen molar-refractivity contribution in [3.05, 3.63) is 49.7 Å². The maximum absolute atomic E-state index is 10.2. The molecule has 0 aromatic heterocycles. The molecule has 2 unspecified atom stereocenters. The minimum Gasteiger partial charge on any atom is -0.530 e. The van der Waals surface area contributed by atoms with E-state index in [4.69, 9.17) is 5.26 Å². The molecule has 162 valence electrons. The molecule has 0 heterocycles. The second kappa shape index (κ2) is 20.5. The average Bonchev–Trinajstić information content (AvgIpc) is 3.48. The van der Waals surface area contributed by atoms with Crippen LogP contribution in [0.25, 0.3) is 0 Å². The molecule has 2 aliphatic rings. The quantitative estimate of drug-likeness (QED) is 0.290. The SMILES string of the molecule is CCCCC1CC(CN[C-]=O)CCC12CC2.Cc1[c-]ccc(C#N)c1.[CH2-]C.[CH3-].[K+].[U]. The van der Waals surface area contributed by atoms with Gasteiger partial charge in [-0.25, -0.2) is 0 Å². The number of amides is 1. The van der Waals surface area contributed by atoms with Gasteiger partial charge in [-0.15, -0.1) is 0 Å². The van der Waals surface area contributed by atoms with E-state index in [9.17, 15) is 4.79 Å². The van der Waals surface area contributed by atoms with Crippen molar-refractivity contribution in [2.24, 2.45) is 17.3 Å². The fourth-order valence-corrected chi connectivity index (χ4v) is 4.19. The van der Waals surface area contributed by atoms with Crippen molar-refractivity contribution in [3.63, 3.8) is 0 Å². The van der Waals surface area contributed by atoms with Crippen molar-refractivity contribution in [2.75, 3.05) is 6.54 Å². The summed E-state index contributed by atoms with van der Waals surface area (Å²) in [7, 11) is 0. The number of benzene rings is 1. The Hall–Kier alpha value is 0.868. The summed E-state index contributed by atoms with van der Waals surface area (Å²) in [5.41, 5.74) is 2.46. The Morgan fingerprint density at radius 3 is 2.50 bits per heavy atom. The topological polar surface area (TPSA) is 52.9 Å². The Kier molecular flexibility index (Phi) is 24.2. The van der Waals surface area contributed by atoms with Gasteiger partial charge in [0, 0.05) is 31.1 Å². The van der Waals surface area contributed by atoms with Gasteiger partial charge in [-0.05, 0) is 62.3 Å². The van der Waals surface area contributed by atoms with Crippen LogP contribution in [0, 0.1) is 87.0 Å². The standard InChI is InChI=1S/C14H24NO.C8H6N.C2H5.CH3.K.U/c1-2-3-4-13-9-12(10-15-11-16)5-6-14(13)7-8-14;1-7-3-2-4-8(5-7)6-9;1-2;;;/h12-13H,2-10H2,1H3,(H,15,16);2,4-5H,1H3;1H2,2H3;1H3;;/q4*-1;+1;. The first-order chi connectivity index (χ1) is 13.1. The minimum atomic E-state index is 0. The Bertz CT molecular complexity index is 599. The maximum Gasteiger partial charge on any atom is 1.00 e. The van der Waals surface area contributed by atoms with Gasteiger partial charge in [0.1, 0.15) is 0 Å².